The molecule has 0 aromatic carbocycles. The number of hydrogen-bond acceptors (Lipinski definition) is 2. The summed E-state index contributed by atoms with van der Waals surface area (Å²) in [6.45, 7) is 5.06. The first-order valence-electron chi connectivity index (χ1n) is 3.68. The van der Waals surface area contributed by atoms with Gasteiger partial charge in [-0.2, -0.15) is 0 Å². The average Bonchev–Trinajstić information content (AvgIpc) is 2.07. The van der Waals surface area contributed by atoms with Gasteiger partial charge in [0, 0.05) is 12.5 Å². The van der Waals surface area contributed by atoms with Crippen LogP contribution < -0.4 is 0 Å². The molecular formula is C9H12O2. The van der Waals surface area contributed by atoms with E-state index in [0.717, 1.165) is 19.6 Å². The van der Waals surface area contributed by atoms with E-state index in [-0.39, 0.29) is 0 Å². The van der Waals surface area contributed by atoms with Crippen LogP contribution in [0.1, 0.15) is 6.42 Å². The maximum absolute atomic E-state index is 5.18. The van der Waals surface area contributed by atoms with E-state index in [0.29, 0.717) is 5.95 Å². The van der Waals surface area contributed by atoms with Crippen LogP contribution in [0.5, 0.6) is 0 Å². The Morgan fingerprint density at radius 3 is 2.55 bits per heavy atom. The van der Waals surface area contributed by atoms with Crippen molar-refractivity contribution >= 4 is 0 Å². The van der Waals surface area contributed by atoms with Crippen molar-refractivity contribution in [2.24, 2.45) is 0 Å². The highest BCUT2D eigenvalue weighted by Gasteiger charge is 2.03. The molecule has 1 saturated heterocycles. The first-order chi connectivity index (χ1) is 5.43. The minimum absolute atomic E-state index is 0.606. The maximum atomic E-state index is 5.18. The first kappa shape index (κ1) is 7.92. The molecule has 0 unspecified atom stereocenters. The topological polar surface area (TPSA) is 18.5 Å². The number of allylic oxidation sites excluding steroid dienone is 4. The molecule has 2 heteroatoms. The maximum Gasteiger partial charge on any atom is 0.279 e. The second-order valence-corrected chi connectivity index (χ2v) is 2.16. The predicted molar refractivity (Wildman–Crippen MR) is 43.9 cm³/mol. The fourth-order valence-corrected chi connectivity index (χ4v) is 0.755. The smallest absolute Gasteiger partial charge is 0.279 e. The summed E-state index contributed by atoms with van der Waals surface area (Å²) in [6.07, 6.45) is 8.14. The Hall–Kier alpha value is -1.18. The molecule has 0 aromatic rings. The van der Waals surface area contributed by atoms with Gasteiger partial charge in [0.05, 0.1) is 13.2 Å². The Kier molecular flexibility index (Phi) is 3.32. The number of rotatable bonds is 2. The van der Waals surface area contributed by atoms with Gasteiger partial charge in [-0.25, -0.2) is 0 Å². The summed E-state index contributed by atoms with van der Waals surface area (Å²) in [5, 5.41) is 0. The molecule has 0 N–H and O–H groups in total. The van der Waals surface area contributed by atoms with E-state index in [2.05, 4.69) is 6.58 Å². The highest BCUT2D eigenvalue weighted by Crippen LogP contribution is 2.07. The van der Waals surface area contributed by atoms with E-state index in [1.54, 1.807) is 12.2 Å². The van der Waals surface area contributed by atoms with Gasteiger partial charge in [-0.15, -0.1) is 0 Å². The van der Waals surface area contributed by atoms with Crippen LogP contribution in [0.3, 0.4) is 0 Å². The van der Waals surface area contributed by atoms with Gasteiger partial charge in [-0.3, -0.25) is 0 Å². The zero-order valence-electron chi connectivity index (χ0n) is 6.45. The molecule has 11 heavy (non-hydrogen) atoms. The van der Waals surface area contributed by atoms with Gasteiger partial charge >= 0.3 is 0 Å². The minimum Gasteiger partial charge on any atom is -0.465 e. The van der Waals surface area contributed by atoms with Gasteiger partial charge in [0.1, 0.15) is 0 Å². The minimum atomic E-state index is 0.606. The fraction of sp³-hybridized carbons (Fsp3) is 0.333. The van der Waals surface area contributed by atoms with E-state index in [9.17, 15) is 0 Å². The second-order valence-electron chi connectivity index (χ2n) is 2.16. The van der Waals surface area contributed by atoms with Crippen molar-refractivity contribution in [3.63, 3.8) is 0 Å². The first-order valence-corrected chi connectivity index (χ1v) is 3.68. The van der Waals surface area contributed by atoms with Crippen molar-refractivity contribution < 1.29 is 9.47 Å². The van der Waals surface area contributed by atoms with Crippen molar-refractivity contribution in [3.8, 4) is 0 Å². The lowest BCUT2D eigenvalue weighted by molar-refractivity contribution is -0.0137. The van der Waals surface area contributed by atoms with E-state index in [4.69, 9.17) is 9.47 Å². The lowest BCUT2D eigenvalue weighted by atomic mass is 10.4. The third kappa shape index (κ3) is 2.94. The van der Waals surface area contributed by atoms with Gasteiger partial charge in [0.15, 0.2) is 0 Å². The molecule has 1 rings (SSSR count). The lowest BCUT2D eigenvalue weighted by Crippen LogP contribution is -2.09. The fourth-order valence-electron chi connectivity index (χ4n) is 0.755. The predicted octanol–water partition coefficient (Wildman–Crippen LogP) is 2.01. The zero-order chi connectivity index (χ0) is 7.94. The monoisotopic (exact) mass is 152 g/mol. The van der Waals surface area contributed by atoms with Crippen molar-refractivity contribution in [1.82, 2.24) is 0 Å². The van der Waals surface area contributed by atoms with Gasteiger partial charge in [0.2, 0.25) is 0 Å². The van der Waals surface area contributed by atoms with Gasteiger partial charge in [-0.1, -0.05) is 24.8 Å². The lowest BCUT2D eigenvalue weighted by Gasteiger charge is -2.16. The van der Waals surface area contributed by atoms with E-state index < -0.39 is 0 Å². The summed E-state index contributed by atoms with van der Waals surface area (Å²) in [5.41, 5.74) is 0. The Balaban J connectivity index is 2.37. The molecule has 1 fully saturated rings. The third-order valence-electron chi connectivity index (χ3n) is 1.26. The van der Waals surface area contributed by atoms with Crippen molar-refractivity contribution in [1.29, 1.82) is 0 Å². The zero-order valence-corrected chi connectivity index (χ0v) is 6.45. The van der Waals surface area contributed by atoms with Crippen LogP contribution in [0, 0.1) is 0 Å². The van der Waals surface area contributed by atoms with Crippen LogP contribution in [0.15, 0.2) is 36.8 Å². The normalized spacial score (nSPS) is 17.3. The van der Waals surface area contributed by atoms with E-state index >= 15 is 0 Å². The summed E-state index contributed by atoms with van der Waals surface area (Å²) in [6, 6.07) is 0. The van der Waals surface area contributed by atoms with Crippen molar-refractivity contribution in [3.05, 3.63) is 36.8 Å². The van der Waals surface area contributed by atoms with Gasteiger partial charge < -0.3 is 9.47 Å². The molecular weight excluding hydrogens is 140 g/mol. The molecule has 0 radical (unpaired) electrons. The van der Waals surface area contributed by atoms with Crippen LogP contribution in [0.2, 0.25) is 0 Å². The molecule has 0 aliphatic carbocycles. The summed E-state index contributed by atoms with van der Waals surface area (Å²) in [7, 11) is 0. The molecule has 60 valence electrons. The molecule has 0 atom stereocenters. The molecule has 1 heterocycles. The molecule has 0 amide bonds. The summed E-state index contributed by atoms with van der Waals surface area (Å²) in [4.78, 5) is 0. The third-order valence-corrected chi connectivity index (χ3v) is 1.26. The van der Waals surface area contributed by atoms with Crippen LogP contribution >= 0.6 is 0 Å². The summed E-state index contributed by atoms with van der Waals surface area (Å²) < 4.78 is 10.4. The largest absolute Gasteiger partial charge is 0.465 e. The van der Waals surface area contributed by atoms with Crippen LogP contribution in [-0.2, 0) is 9.47 Å². The van der Waals surface area contributed by atoms with E-state index in [1.165, 1.54) is 0 Å². The molecule has 1 aliphatic heterocycles. The van der Waals surface area contributed by atoms with E-state index in [1.807, 2.05) is 12.2 Å². The Labute approximate surface area is 66.8 Å². The van der Waals surface area contributed by atoms with Crippen LogP contribution in [0.4, 0.5) is 0 Å². The molecule has 0 aromatic heterocycles. The standard InChI is InChI=1S/C9H12O2/c1-2-3-4-6-9-10-7-5-8-11-9/h2-4,6H,1,5,7-8H2/b4-3-. The average molecular weight is 152 g/mol. The Morgan fingerprint density at radius 1 is 1.18 bits per heavy atom. The molecule has 0 bridgehead atoms. The number of hydrogen-bond donors (Lipinski definition) is 0. The van der Waals surface area contributed by atoms with Gasteiger partial charge in [0.25, 0.3) is 5.95 Å². The van der Waals surface area contributed by atoms with Crippen molar-refractivity contribution in [2.75, 3.05) is 13.2 Å². The van der Waals surface area contributed by atoms with Crippen molar-refractivity contribution in [2.45, 2.75) is 6.42 Å². The highest BCUT2D eigenvalue weighted by molar-refractivity contribution is 5.09. The second kappa shape index (κ2) is 4.61. The molecule has 0 saturated carbocycles. The van der Waals surface area contributed by atoms with Crippen LogP contribution in [0.25, 0.3) is 0 Å². The summed E-state index contributed by atoms with van der Waals surface area (Å²) in [5.74, 6) is 0.606. The van der Waals surface area contributed by atoms with Gasteiger partial charge in [-0.05, 0) is 0 Å². The SMILES string of the molecule is C=C/C=C\C=C1OCCCO1. The highest BCUT2D eigenvalue weighted by atomic mass is 16.7. The Morgan fingerprint density at radius 2 is 1.91 bits per heavy atom. The molecule has 0 spiro atoms. The molecule has 2 nitrogen and oxygen atoms in total. The molecule has 1 aliphatic rings. The van der Waals surface area contributed by atoms with Crippen LogP contribution in [-0.4, -0.2) is 13.2 Å². The Bertz CT molecular complexity index is 172. The number of ether oxygens (including phenoxy) is 2. The summed E-state index contributed by atoms with van der Waals surface area (Å²) >= 11 is 0. The quantitative estimate of drug-likeness (QED) is 0.563.